The van der Waals surface area contributed by atoms with Crippen molar-refractivity contribution in [1.82, 2.24) is 0 Å². The van der Waals surface area contributed by atoms with Crippen LogP contribution in [0.4, 0.5) is 0 Å². The molecule has 17 heavy (non-hydrogen) atoms. The highest BCUT2D eigenvalue weighted by Gasteiger charge is 2.15. The van der Waals surface area contributed by atoms with Crippen molar-refractivity contribution < 1.29 is 19.0 Å². The Balaban J connectivity index is 2.18. The maximum absolute atomic E-state index is 11.5. The molecule has 4 nitrogen and oxygen atoms in total. The molecule has 0 aliphatic rings. The Bertz CT molecular complexity index is 319. The minimum Gasteiger partial charge on any atom is -0.494 e. The first-order valence-corrected chi connectivity index (χ1v) is 5.54. The number of ether oxygens (including phenoxy) is 3. The Morgan fingerprint density at radius 3 is 2.41 bits per heavy atom. The average Bonchev–Trinajstić information content (AvgIpc) is 2.37. The molecule has 4 heteroatoms. The summed E-state index contributed by atoms with van der Waals surface area (Å²) in [4.78, 5) is 11.5. The van der Waals surface area contributed by atoms with Crippen molar-refractivity contribution in [3.05, 3.63) is 30.3 Å². The van der Waals surface area contributed by atoms with Crippen LogP contribution in [0.1, 0.15) is 12.8 Å². The third-order valence-corrected chi connectivity index (χ3v) is 2.27. The molecule has 0 spiro atoms. The molecule has 0 saturated carbocycles. The van der Waals surface area contributed by atoms with Crippen molar-refractivity contribution in [2.24, 2.45) is 0 Å². The van der Waals surface area contributed by atoms with Crippen LogP contribution in [0.2, 0.25) is 0 Å². The first kappa shape index (κ1) is 13.7. The lowest BCUT2D eigenvalue weighted by Gasteiger charge is -2.11. The van der Waals surface area contributed by atoms with Gasteiger partial charge in [-0.3, -0.25) is 4.79 Å². The number of para-hydroxylation sites is 1. The van der Waals surface area contributed by atoms with Crippen molar-refractivity contribution in [1.29, 1.82) is 0 Å². The van der Waals surface area contributed by atoms with Crippen LogP contribution in [-0.2, 0) is 14.3 Å². The van der Waals surface area contributed by atoms with E-state index in [0.717, 1.165) is 5.75 Å². The molecule has 94 valence electrons. The Hall–Kier alpha value is -1.39. The molecule has 0 aliphatic heterocycles. The molecule has 0 fully saturated rings. The van der Waals surface area contributed by atoms with Gasteiger partial charge in [0.05, 0.1) is 6.61 Å². The molecular weight excluding hydrogens is 220 g/mol. The number of hydrogen-bond donors (Lipinski definition) is 0. The molecule has 1 rings (SSSR count). The summed E-state index contributed by atoms with van der Waals surface area (Å²) in [7, 11) is 2.90. The summed E-state index contributed by atoms with van der Waals surface area (Å²) in [5.41, 5.74) is 0. The highest BCUT2D eigenvalue weighted by atomic mass is 16.7. The predicted octanol–water partition coefficient (Wildman–Crippen LogP) is 2.03. The van der Waals surface area contributed by atoms with Crippen LogP contribution >= 0.6 is 0 Å². The Morgan fingerprint density at radius 2 is 1.82 bits per heavy atom. The van der Waals surface area contributed by atoms with E-state index in [2.05, 4.69) is 0 Å². The van der Waals surface area contributed by atoms with E-state index < -0.39 is 6.29 Å². The second-order valence-corrected chi connectivity index (χ2v) is 3.53. The van der Waals surface area contributed by atoms with Crippen molar-refractivity contribution in [2.45, 2.75) is 19.1 Å². The van der Waals surface area contributed by atoms with Crippen molar-refractivity contribution in [3.63, 3.8) is 0 Å². The monoisotopic (exact) mass is 238 g/mol. The zero-order chi connectivity index (χ0) is 12.5. The van der Waals surface area contributed by atoms with Gasteiger partial charge in [0.1, 0.15) is 5.75 Å². The number of carbonyl (C=O) groups excluding carboxylic acids is 1. The molecule has 0 aromatic heterocycles. The van der Waals surface area contributed by atoms with Gasteiger partial charge in [0.2, 0.25) is 6.29 Å². The lowest BCUT2D eigenvalue weighted by Crippen LogP contribution is -2.25. The van der Waals surface area contributed by atoms with Gasteiger partial charge < -0.3 is 14.2 Å². The summed E-state index contributed by atoms with van der Waals surface area (Å²) in [6, 6.07) is 9.51. The van der Waals surface area contributed by atoms with E-state index in [-0.39, 0.29) is 5.78 Å². The number of ketones is 1. The summed E-state index contributed by atoms with van der Waals surface area (Å²) in [6.45, 7) is 0.510. The first-order valence-electron chi connectivity index (χ1n) is 5.54. The summed E-state index contributed by atoms with van der Waals surface area (Å²) in [6.07, 6.45) is 0.280. The van der Waals surface area contributed by atoms with Crippen LogP contribution in [0.3, 0.4) is 0 Å². The molecule has 1 aromatic rings. The van der Waals surface area contributed by atoms with Crippen molar-refractivity contribution in [3.8, 4) is 5.75 Å². The summed E-state index contributed by atoms with van der Waals surface area (Å²) < 4.78 is 15.2. The Kier molecular flexibility index (Phi) is 6.29. The molecule has 0 heterocycles. The standard InChI is InChI=1S/C13H18O4/c1-15-13(16-2)12(14)9-6-10-17-11-7-4-3-5-8-11/h3-5,7-8,13H,6,9-10H2,1-2H3. The van der Waals surface area contributed by atoms with Gasteiger partial charge in [-0.25, -0.2) is 0 Å². The van der Waals surface area contributed by atoms with Gasteiger partial charge in [0, 0.05) is 20.6 Å². The molecule has 0 unspecified atom stereocenters. The minimum atomic E-state index is -0.758. The second kappa shape index (κ2) is 7.81. The van der Waals surface area contributed by atoms with Crippen LogP contribution in [0.15, 0.2) is 30.3 Å². The SMILES string of the molecule is COC(OC)C(=O)CCCOc1ccccc1. The molecule has 0 saturated heterocycles. The van der Waals surface area contributed by atoms with Gasteiger partial charge in [0.15, 0.2) is 5.78 Å². The first-order chi connectivity index (χ1) is 8.27. The van der Waals surface area contributed by atoms with Crippen LogP contribution < -0.4 is 4.74 Å². The fourth-order valence-corrected chi connectivity index (χ4v) is 1.43. The van der Waals surface area contributed by atoms with Crippen molar-refractivity contribution in [2.75, 3.05) is 20.8 Å². The highest BCUT2D eigenvalue weighted by Crippen LogP contribution is 2.09. The van der Waals surface area contributed by atoms with E-state index in [1.807, 2.05) is 30.3 Å². The van der Waals surface area contributed by atoms with Gasteiger partial charge in [-0.05, 0) is 18.6 Å². The molecule has 0 radical (unpaired) electrons. The van der Waals surface area contributed by atoms with Crippen LogP contribution in [0, 0.1) is 0 Å². The number of Topliss-reactive ketones (excluding diaryl/α,β-unsaturated/α-hetero) is 1. The molecule has 0 aliphatic carbocycles. The van der Waals surface area contributed by atoms with Crippen LogP contribution in [0.25, 0.3) is 0 Å². The largest absolute Gasteiger partial charge is 0.494 e. The number of hydrogen-bond acceptors (Lipinski definition) is 4. The predicted molar refractivity (Wildman–Crippen MR) is 64.0 cm³/mol. The zero-order valence-corrected chi connectivity index (χ0v) is 10.2. The molecular formula is C13H18O4. The summed E-state index contributed by atoms with van der Waals surface area (Å²) in [5.74, 6) is 0.752. The quantitative estimate of drug-likeness (QED) is 0.513. The fraction of sp³-hybridized carbons (Fsp3) is 0.462. The van der Waals surface area contributed by atoms with Crippen LogP contribution in [-0.4, -0.2) is 32.9 Å². The third-order valence-electron chi connectivity index (χ3n) is 2.27. The zero-order valence-electron chi connectivity index (χ0n) is 10.2. The van der Waals surface area contributed by atoms with E-state index >= 15 is 0 Å². The normalized spacial score (nSPS) is 10.5. The Morgan fingerprint density at radius 1 is 1.18 bits per heavy atom. The van der Waals surface area contributed by atoms with Gasteiger partial charge in [-0.1, -0.05) is 18.2 Å². The van der Waals surface area contributed by atoms with E-state index in [4.69, 9.17) is 14.2 Å². The number of methoxy groups -OCH3 is 2. The summed E-state index contributed by atoms with van der Waals surface area (Å²) >= 11 is 0. The number of carbonyl (C=O) groups is 1. The molecule has 0 atom stereocenters. The van der Waals surface area contributed by atoms with Crippen molar-refractivity contribution >= 4 is 5.78 Å². The van der Waals surface area contributed by atoms with E-state index in [1.165, 1.54) is 14.2 Å². The van der Waals surface area contributed by atoms with E-state index in [0.29, 0.717) is 19.4 Å². The smallest absolute Gasteiger partial charge is 0.217 e. The maximum Gasteiger partial charge on any atom is 0.217 e. The topological polar surface area (TPSA) is 44.8 Å². The fourth-order valence-electron chi connectivity index (χ4n) is 1.43. The molecule has 0 amide bonds. The van der Waals surface area contributed by atoms with E-state index in [1.54, 1.807) is 0 Å². The lowest BCUT2D eigenvalue weighted by molar-refractivity contribution is -0.156. The number of rotatable bonds is 8. The molecule has 1 aromatic carbocycles. The minimum absolute atomic E-state index is 0.0633. The van der Waals surface area contributed by atoms with E-state index in [9.17, 15) is 4.79 Å². The molecule has 0 bridgehead atoms. The number of benzene rings is 1. The summed E-state index contributed by atoms with van der Waals surface area (Å²) in [5, 5.41) is 0. The van der Waals surface area contributed by atoms with Gasteiger partial charge in [0.25, 0.3) is 0 Å². The molecule has 0 N–H and O–H groups in total. The van der Waals surface area contributed by atoms with Gasteiger partial charge in [-0.15, -0.1) is 0 Å². The van der Waals surface area contributed by atoms with Gasteiger partial charge in [-0.2, -0.15) is 0 Å². The lowest BCUT2D eigenvalue weighted by atomic mass is 10.2. The maximum atomic E-state index is 11.5. The van der Waals surface area contributed by atoms with Crippen LogP contribution in [0.5, 0.6) is 5.75 Å². The second-order valence-electron chi connectivity index (χ2n) is 3.53. The average molecular weight is 238 g/mol. The highest BCUT2D eigenvalue weighted by molar-refractivity contribution is 5.81. The van der Waals surface area contributed by atoms with Gasteiger partial charge >= 0.3 is 0 Å². The third kappa shape index (κ3) is 4.97. The Labute approximate surface area is 101 Å².